The van der Waals surface area contributed by atoms with Crippen LogP contribution < -0.4 is 5.32 Å². The number of pyridine rings is 1. The Bertz CT molecular complexity index is 401. The first kappa shape index (κ1) is 11.8. The first-order valence-corrected chi connectivity index (χ1v) is 5.65. The Morgan fingerprint density at radius 2 is 2.29 bits per heavy atom. The minimum atomic E-state index is 0.529. The summed E-state index contributed by atoms with van der Waals surface area (Å²) in [6.45, 7) is 2.83. The lowest BCUT2D eigenvalue weighted by atomic mass is 10.3. The molecule has 4 nitrogen and oxygen atoms in total. The predicted octanol–water partition coefficient (Wildman–Crippen LogP) is 1.98. The van der Waals surface area contributed by atoms with E-state index < -0.39 is 0 Å². The van der Waals surface area contributed by atoms with E-state index in [4.69, 9.17) is 9.15 Å². The molecule has 0 aliphatic heterocycles. The van der Waals surface area contributed by atoms with Crippen LogP contribution in [0.4, 0.5) is 0 Å². The molecule has 0 aliphatic rings. The molecule has 2 aromatic rings. The molecule has 0 bridgehead atoms. The number of hydrogen-bond acceptors (Lipinski definition) is 4. The molecule has 2 aromatic heterocycles. The lowest BCUT2D eigenvalue weighted by Gasteiger charge is -2.04. The minimum absolute atomic E-state index is 0.529. The van der Waals surface area contributed by atoms with Crippen molar-refractivity contribution >= 4 is 0 Å². The van der Waals surface area contributed by atoms with E-state index in [-0.39, 0.29) is 0 Å². The Morgan fingerprint density at radius 1 is 1.29 bits per heavy atom. The summed E-state index contributed by atoms with van der Waals surface area (Å²) in [6, 6.07) is 7.75. The van der Waals surface area contributed by atoms with Crippen molar-refractivity contribution in [3.05, 3.63) is 54.2 Å². The molecule has 0 aromatic carbocycles. The number of rotatable bonds is 7. The maximum atomic E-state index is 5.44. The van der Waals surface area contributed by atoms with Gasteiger partial charge in [-0.3, -0.25) is 4.98 Å². The molecule has 0 saturated carbocycles. The maximum Gasteiger partial charge on any atom is 0.129 e. The van der Waals surface area contributed by atoms with E-state index in [9.17, 15) is 0 Å². The standard InChI is InChI=1S/C13H16N2O2/c1-3-12(9-14-5-1)10-15-6-8-16-11-13-4-2-7-17-13/h1-5,7,9,15H,6,8,10-11H2. The van der Waals surface area contributed by atoms with Gasteiger partial charge >= 0.3 is 0 Å². The van der Waals surface area contributed by atoms with Gasteiger partial charge in [0.2, 0.25) is 0 Å². The Hall–Kier alpha value is -1.65. The van der Waals surface area contributed by atoms with Gasteiger partial charge in [-0.2, -0.15) is 0 Å². The van der Waals surface area contributed by atoms with Gasteiger partial charge in [-0.05, 0) is 23.8 Å². The minimum Gasteiger partial charge on any atom is -0.467 e. The molecule has 0 amide bonds. The largest absolute Gasteiger partial charge is 0.467 e. The quantitative estimate of drug-likeness (QED) is 0.741. The van der Waals surface area contributed by atoms with Gasteiger partial charge in [0.15, 0.2) is 0 Å². The Morgan fingerprint density at radius 3 is 3.06 bits per heavy atom. The number of hydrogen-bond donors (Lipinski definition) is 1. The average molecular weight is 232 g/mol. The monoisotopic (exact) mass is 232 g/mol. The highest BCUT2D eigenvalue weighted by Crippen LogP contribution is 2.01. The lowest BCUT2D eigenvalue weighted by Crippen LogP contribution is -2.19. The zero-order valence-corrected chi connectivity index (χ0v) is 9.63. The molecule has 2 rings (SSSR count). The third-order valence-electron chi connectivity index (χ3n) is 2.30. The lowest BCUT2D eigenvalue weighted by molar-refractivity contribution is 0.108. The van der Waals surface area contributed by atoms with Crippen molar-refractivity contribution in [2.75, 3.05) is 13.2 Å². The second-order valence-corrected chi connectivity index (χ2v) is 3.67. The molecule has 17 heavy (non-hydrogen) atoms. The second kappa shape index (κ2) is 6.83. The summed E-state index contributed by atoms with van der Waals surface area (Å²) in [5.74, 6) is 0.859. The molecule has 0 atom stereocenters. The van der Waals surface area contributed by atoms with Gasteiger partial charge < -0.3 is 14.5 Å². The van der Waals surface area contributed by atoms with Crippen LogP contribution in [0.1, 0.15) is 11.3 Å². The topological polar surface area (TPSA) is 47.3 Å². The SMILES string of the molecule is c1cncc(CNCCOCc2ccco2)c1. The normalized spacial score (nSPS) is 10.6. The molecule has 2 heterocycles. The highest BCUT2D eigenvalue weighted by atomic mass is 16.5. The molecule has 4 heteroatoms. The molecule has 0 saturated heterocycles. The van der Waals surface area contributed by atoms with Crippen LogP contribution in [-0.2, 0) is 17.9 Å². The Kier molecular flexibility index (Phi) is 4.75. The summed E-state index contributed by atoms with van der Waals surface area (Å²) in [6.07, 6.45) is 5.28. The fourth-order valence-electron chi connectivity index (χ4n) is 1.45. The van der Waals surface area contributed by atoms with Gasteiger partial charge in [0.1, 0.15) is 12.4 Å². The van der Waals surface area contributed by atoms with Crippen LogP contribution >= 0.6 is 0 Å². The number of furan rings is 1. The number of aromatic nitrogens is 1. The van der Waals surface area contributed by atoms with Crippen LogP contribution in [0, 0.1) is 0 Å². The molecule has 1 N–H and O–H groups in total. The van der Waals surface area contributed by atoms with Crippen LogP contribution in [0.3, 0.4) is 0 Å². The van der Waals surface area contributed by atoms with E-state index >= 15 is 0 Å². The summed E-state index contributed by atoms with van der Waals surface area (Å²) >= 11 is 0. The summed E-state index contributed by atoms with van der Waals surface area (Å²) in [4.78, 5) is 4.05. The number of nitrogens with one attached hydrogen (secondary N) is 1. The zero-order chi connectivity index (χ0) is 11.8. The van der Waals surface area contributed by atoms with Crippen LogP contribution in [0.2, 0.25) is 0 Å². The first-order valence-electron chi connectivity index (χ1n) is 5.65. The van der Waals surface area contributed by atoms with Crippen molar-refractivity contribution in [2.45, 2.75) is 13.2 Å². The smallest absolute Gasteiger partial charge is 0.129 e. The van der Waals surface area contributed by atoms with E-state index in [0.29, 0.717) is 13.2 Å². The average Bonchev–Trinajstić information content (AvgIpc) is 2.88. The first-order chi connectivity index (χ1) is 8.45. The van der Waals surface area contributed by atoms with Gasteiger partial charge in [-0.15, -0.1) is 0 Å². The van der Waals surface area contributed by atoms with Crippen molar-refractivity contribution in [1.29, 1.82) is 0 Å². The summed E-state index contributed by atoms with van der Waals surface area (Å²) < 4.78 is 10.6. The molecule has 0 unspecified atom stereocenters. The van der Waals surface area contributed by atoms with Crippen LogP contribution in [-0.4, -0.2) is 18.1 Å². The fraction of sp³-hybridized carbons (Fsp3) is 0.308. The molecule has 90 valence electrons. The van der Waals surface area contributed by atoms with Gasteiger partial charge in [-0.1, -0.05) is 6.07 Å². The highest BCUT2D eigenvalue weighted by molar-refractivity contribution is 5.07. The Balaban J connectivity index is 1.52. The predicted molar refractivity (Wildman–Crippen MR) is 64.3 cm³/mol. The van der Waals surface area contributed by atoms with Crippen LogP contribution in [0.5, 0.6) is 0 Å². The van der Waals surface area contributed by atoms with Crippen molar-refractivity contribution in [2.24, 2.45) is 0 Å². The van der Waals surface area contributed by atoms with E-state index in [0.717, 1.165) is 18.8 Å². The van der Waals surface area contributed by atoms with E-state index in [2.05, 4.69) is 10.3 Å². The summed E-state index contributed by atoms with van der Waals surface area (Å²) in [5, 5.41) is 3.29. The van der Waals surface area contributed by atoms with Crippen LogP contribution in [0.15, 0.2) is 47.3 Å². The van der Waals surface area contributed by atoms with Gasteiger partial charge in [0.25, 0.3) is 0 Å². The highest BCUT2D eigenvalue weighted by Gasteiger charge is 1.95. The second-order valence-electron chi connectivity index (χ2n) is 3.67. The van der Waals surface area contributed by atoms with Crippen LogP contribution in [0.25, 0.3) is 0 Å². The van der Waals surface area contributed by atoms with Crippen molar-refractivity contribution in [3.63, 3.8) is 0 Å². The summed E-state index contributed by atoms with van der Waals surface area (Å²) in [7, 11) is 0. The molecule has 0 aliphatic carbocycles. The van der Waals surface area contributed by atoms with Crippen molar-refractivity contribution in [1.82, 2.24) is 10.3 Å². The number of nitrogens with zero attached hydrogens (tertiary/aromatic N) is 1. The molecule has 0 radical (unpaired) electrons. The zero-order valence-electron chi connectivity index (χ0n) is 9.63. The van der Waals surface area contributed by atoms with Gasteiger partial charge in [0.05, 0.1) is 12.9 Å². The van der Waals surface area contributed by atoms with Crippen molar-refractivity contribution in [3.8, 4) is 0 Å². The molecule has 0 spiro atoms. The third-order valence-corrected chi connectivity index (χ3v) is 2.30. The molecular formula is C13H16N2O2. The molecular weight excluding hydrogens is 216 g/mol. The van der Waals surface area contributed by atoms with Gasteiger partial charge in [-0.25, -0.2) is 0 Å². The van der Waals surface area contributed by atoms with E-state index in [1.54, 1.807) is 12.5 Å². The fourth-order valence-corrected chi connectivity index (χ4v) is 1.45. The molecule has 0 fully saturated rings. The number of ether oxygens (including phenoxy) is 1. The summed E-state index contributed by atoms with van der Waals surface area (Å²) in [5.41, 5.74) is 1.18. The maximum absolute atomic E-state index is 5.44. The van der Waals surface area contributed by atoms with E-state index in [1.165, 1.54) is 5.56 Å². The Labute approximate surface area is 101 Å². The van der Waals surface area contributed by atoms with Gasteiger partial charge in [0, 0.05) is 25.5 Å². The van der Waals surface area contributed by atoms with Crippen molar-refractivity contribution < 1.29 is 9.15 Å². The third kappa shape index (κ3) is 4.38. The van der Waals surface area contributed by atoms with E-state index in [1.807, 2.05) is 30.5 Å².